The maximum atomic E-state index is 12.6. The molecule has 0 fully saturated rings. The van der Waals surface area contributed by atoms with Crippen molar-refractivity contribution in [2.45, 2.75) is 25.9 Å². The summed E-state index contributed by atoms with van der Waals surface area (Å²) in [6.07, 6.45) is 4.91. The van der Waals surface area contributed by atoms with Crippen molar-refractivity contribution >= 4 is 5.91 Å². The molecule has 0 aliphatic rings. The standard InChI is InChI=1S/C22H22N2O/c1-2-18-13-15-24(16-14-18)17-21(25)23-22(19-9-5-3-6-10-19)20-11-7-4-8-12-20/h3-16,22H,2,17H2,1H3/p+1. The predicted octanol–water partition coefficient (Wildman–Crippen LogP) is 3.44. The predicted molar refractivity (Wildman–Crippen MR) is 98.9 cm³/mol. The first kappa shape index (κ1) is 16.9. The van der Waals surface area contributed by atoms with Crippen LogP contribution in [-0.2, 0) is 17.8 Å². The summed E-state index contributed by atoms with van der Waals surface area (Å²) in [5.41, 5.74) is 3.42. The lowest BCUT2D eigenvalue weighted by Crippen LogP contribution is -2.43. The van der Waals surface area contributed by atoms with Gasteiger partial charge in [-0.1, -0.05) is 67.6 Å². The molecule has 0 saturated heterocycles. The highest BCUT2D eigenvalue weighted by atomic mass is 16.2. The fraction of sp³-hybridized carbons (Fsp3) is 0.182. The molecule has 3 aromatic rings. The van der Waals surface area contributed by atoms with Gasteiger partial charge in [0.05, 0.1) is 6.04 Å². The molecule has 1 amide bonds. The van der Waals surface area contributed by atoms with Crippen molar-refractivity contribution in [1.82, 2.24) is 5.32 Å². The zero-order valence-corrected chi connectivity index (χ0v) is 14.4. The quantitative estimate of drug-likeness (QED) is 0.690. The molecule has 0 radical (unpaired) electrons. The minimum Gasteiger partial charge on any atom is -0.340 e. The van der Waals surface area contributed by atoms with Crippen LogP contribution in [0.2, 0.25) is 0 Å². The second kappa shape index (κ2) is 8.25. The summed E-state index contributed by atoms with van der Waals surface area (Å²) < 4.78 is 1.90. The molecule has 0 aliphatic heterocycles. The van der Waals surface area contributed by atoms with E-state index < -0.39 is 0 Å². The van der Waals surface area contributed by atoms with Gasteiger partial charge < -0.3 is 5.32 Å². The number of benzene rings is 2. The third kappa shape index (κ3) is 4.54. The molecule has 0 unspecified atom stereocenters. The first-order valence-electron chi connectivity index (χ1n) is 8.63. The largest absolute Gasteiger partial charge is 0.340 e. The molecule has 0 bridgehead atoms. The molecule has 3 nitrogen and oxygen atoms in total. The number of hydrogen-bond donors (Lipinski definition) is 1. The van der Waals surface area contributed by atoms with Gasteiger partial charge in [0.15, 0.2) is 12.4 Å². The van der Waals surface area contributed by atoms with Crippen LogP contribution in [0, 0.1) is 0 Å². The zero-order valence-electron chi connectivity index (χ0n) is 14.4. The summed E-state index contributed by atoms with van der Waals surface area (Å²) in [5, 5.41) is 3.17. The van der Waals surface area contributed by atoms with Gasteiger partial charge in [0.1, 0.15) is 0 Å². The van der Waals surface area contributed by atoms with Crippen molar-refractivity contribution in [3.63, 3.8) is 0 Å². The van der Waals surface area contributed by atoms with Gasteiger partial charge in [-0.15, -0.1) is 0 Å². The van der Waals surface area contributed by atoms with Crippen molar-refractivity contribution in [1.29, 1.82) is 0 Å². The highest BCUT2D eigenvalue weighted by Crippen LogP contribution is 2.21. The van der Waals surface area contributed by atoms with Crippen LogP contribution in [0.1, 0.15) is 29.7 Å². The lowest BCUT2D eigenvalue weighted by molar-refractivity contribution is -0.684. The smallest absolute Gasteiger partial charge is 0.286 e. The van der Waals surface area contributed by atoms with Crippen LogP contribution >= 0.6 is 0 Å². The van der Waals surface area contributed by atoms with Crippen LogP contribution < -0.4 is 9.88 Å². The van der Waals surface area contributed by atoms with Gasteiger partial charge in [-0.05, 0) is 23.1 Å². The van der Waals surface area contributed by atoms with Crippen LogP contribution in [0.4, 0.5) is 0 Å². The normalized spacial score (nSPS) is 10.6. The average Bonchev–Trinajstić information content (AvgIpc) is 2.68. The second-order valence-electron chi connectivity index (χ2n) is 6.05. The van der Waals surface area contributed by atoms with Crippen molar-refractivity contribution in [3.8, 4) is 0 Å². The fourth-order valence-corrected chi connectivity index (χ4v) is 2.85. The maximum Gasteiger partial charge on any atom is 0.286 e. The van der Waals surface area contributed by atoms with E-state index in [4.69, 9.17) is 0 Å². The van der Waals surface area contributed by atoms with Gasteiger partial charge in [0, 0.05) is 12.1 Å². The molecule has 0 aliphatic carbocycles. The average molecular weight is 331 g/mol. The van der Waals surface area contributed by atoms with E-state index in [1.54, 1.807) is 0 Å². The Balaban J connectivity index is 1.76. The summed E-state index contributed by atoms with van der Waals surface area (Å²) in [6.45, 7) is 2.43. The Morgan fingerprint density at radius 2 is 1.40 bits per heavy atom. The van der Waals surface area contributed by atoms with E-state index >= 15 is 0 Å². The number of nitrogens with zero attached hydrogens (tertiary/aromatic N) is 1. The molecule has 126 valence electrons. The molecular formula is C22H23N2O+. The van der Waals surface area contributed by atoms with Crippen LogP contribution in [0.25, 0.3) is 0 Å². The monoisotopic (exact) mass is 331 g/mol. The minimum atomic E-state index is -0.148. The van der Waals surface area contributed by atoms with Crippen molar-refractivity contribution in [2.24, 2.45) is 0 Å². The fourth-order valence-electron chi connectivity index (χ4n) is 2.85. The maximum absolute atomic E-state index is 12.6. The summed E-state index contributed by atoms with van der Waals surface area (Å²) in [6, 6.07) is 24.1. The number of carbonyl (C=O) groups is 1. The molecule has 1 heterocycles. The number of rotatable bonds is 6. The van der Waals surface area contributed by atoms with Crippen LogP contribution in [0.5, 0.6) is 0 Å². The first-order valence-corrected chi connectivity index (χ1v) is 8.63. The van der Waals surface area contributed by atoms with Crippen LogP contribution in [0.3, 0.4) is 0 Å². The molecule has 1 aromatic heterocycles. The Kier molecular flexibility index (Phi) is 5.57. The van der Waals surface area contributed by atoms with E-state index in [9.17, 15) is 4.79 Å². The third-order valence-corrected chi connectivity index (χ3v) is 4.27. The molecule has 3 heteroatoms. The van der Waals surface area contributed by atoms with E-state index in [-0.39, 0.29) is 11.9 Å². The summed E-state index contributed by atoms with van der Waals surface area (Å²) in [7, 11) is 0. The highest BCUT2D eigenvalue weighted by molar-refractivity contribution is 5.75. The summed E-state index contributed by atoms with van der Waals surface area (Å²) >= 11 is 0. The molecule has 2 aromatic carbocycles. The number of carbonyl (C=O) groups excluding carboxylic acids is 1. The summed E-state index contributed by atoms with van der Waals surface area (Å²) in [4.78, 5) is 12.6. The minimum absolute atomic E-state index is 0.00745. The lowest BCUT2D eigenvalue weighted by Gasteiger charge is -2.19. The number of nitrogens with one attached hydrogen (secondary N) is 1. The Morgan fingerprint density at radius 3 is 1.88 bits per heavy atom. The number of hydrogen-bond acceptors (Lipinski definition) is 1. The Labute approximate surface area is 149 Å². The first-order chi connectivity index (χ1) is 12.3. The van der Waals surface area contributed by atoms with Gasteiger partial charge in [-0.3, -0.25) is 4.79 Å². The third-order valence-electron chi connectivity index (χ3n) is 4.27. The van der Waals surface area contributed by atoms with E-state index in [1.165, 1.54) is 5.56 Å². The number of aryl methyl sites for hydroxylation is 1. The molecule has 25 heavy (non-hydrogen) atoms. The van der Waals surface area contributed by atoms with Gasteiger partial charge in [-0.25, -0.2) is 0 Å². The topological polar surface area (TPSA) is 33.0 Å². The molecule has 0 saturated carbocycles. The van der Waals surface area contributed by atoms with Gasteiger partial charge >= 0.3 is 0 Å². The number of pyridine rings is 1. The van der Waals surface area contributed by atoms with E-state index in [0.29, 0.717) is 6.54 Å². The molecule has 1 N–H and O–H groups in total. The molecular weight excluding hydrogens is 308 g/mol. The van der Waals surface area contributed by atoms with Gasteiger partial charge in [0.2, 0.25) is 6.54 Å². The molecule has 0 atom stereocenters. The molecule has 0 spiro atoms. The van der Waals surface area contributed by atoms with Crippen LogP contribution in [-0.4, -0.2) is 5.91 Å². The highest BCUT2D eigenvalue weighted by Gasteiger charge is 2.18. The van der Waals surface area contributed by atoms with E-state index in [1.807, 2.05) is 77.6 Å². The number of aromatic nitrogens is 1. The lowest BCUT2D eigenvalue weighted by atomic mass is 9.99. The van der Waals surface area contributed by atoms with Crippen molar-refractivity contribution in [2.75, 3.05) is 0 Å². The van der Waals surface area contributed by atoms with Crippen LogP contribution in [0.15, 0.2) is 85.2 Å². The Morgan fingerprint density at radius 1 is 0.880 bits per heavy atom. The SMILES string of the molecule is CCc1cc[n+](CC(=O)NC(c2ccccc2)c2ccccc2)cc1. The molecule has 3 rings (SSSR count). The zero-order chi connectivity index (χ0) is 17.5. The summed E-state index contributed by atoms with van der Waals surface area (Å²) in [5.74, 6) is -0.00745. The van der Waals surface area contributed by atoms with Crippen molar-refractivity contribution < 1.29 is 9.36 Å². The van der Waals surface area contributed by atoms with Gasteiger partial charge in [-0.2, -0.15) is 4.57 Å². The van der Waals surface area contributed by atoms with E-state index in [2.05, 4.69) is 24.4 Å². The second-order valence-corrected chi connectivity index (χ2v) is 6.05. The number of amides is 1. The van der Waals surface area contributed by atoms with Crippen molar-refractivity contribution in [3.05, 3.63) is 102 Å². The van der Waals surface area contributed by atoms with E-state index in [0.717, 1.165) is 17.5 Å². The Bertz CT molecular complexity index is 759. The van der Waals surface area contributed by atoms with Gasteiger partial charge in [0.25, 0.3) is 5.91 Å². The Hall–Kier alpha value is -2.94.